The van der Waals surface area contributed by atoms with Crippen LogP contribution in [0.5, 0.6) is 0 Å². The van der Waals surface area contributed by atoms with Crippen LogP contribution in [0, 0.1) is 0 Å². The summed E-state index contributed by atoms with van der Waals surface area (Å²) in [6.45, 7) is 4.05. The number of rotatable bonds is 6. The van der Waals surface area contributed by atoms with E-state index in [1.807, 2.05) is 6.92 Å². The van der Waals surface area contributed by atoms with Crippen molar-refractivity contribution in [2.45, 2.75) is 32.2 Å². The maximum absolute atomic E-state index is 11.7. The summed E-state index contributed by atoms with van der Waals surface area (Å²) in [6.07, 6.45) is 1.22. The maximum Gasteiger partial charge on any atom is 0.335 e. The first-order chi connectivity index (χ1) is 8.86. The molecule has 5 nitrogen and oxygen atoms in total. The van der Waals surface area contributed by atoms with Crippen molar-refractivity contribution >= 4 is 11.9 Å². The van der Waals surface area contributed by atoms with Crippen molar-refractivity contribution in [2.24, 2.45) is 5.73 Å². The number of benzene rings is 1. The van der Waals surface area contributed by atoms with E-state index in [0.29, 0.717) is 19.4 Å². The molecule has 1 aromatic rings. The minimum atomic E-state index is -0.943. The molecule has 1 rings (SSSR count). The third-order valence-electron chi connectivity index (χ3n) is 3.15. The van der Waals surface area contributed by atoms with Crippen molar-refractivity contribution in [3.8, 4) is 0 Å². The van der Waals surface area contributed by atoms with E-state index in [2.05, 4.69) is 5.32 Å². The molecule has 0 heterocycles. The molecule has 0 radical (unpaired) electrons. The zero-order valence-corrected chi connectivity index (χ0v) is 11.3. The van der Waals surface area contributed by atoms with E-state index >= 15 is 0 Å². The van der Waals surface area contributed by atoms with Crippen molar-refractivity contribution < 1.29 is 14.7 Å². The highest BCUT2D eigenvalue weighted by atomic mass is 16.4. The summed E-state index contributed by atoms with van der Waals surface area (Å²) in [5, 5.41) is 11.5. The van der Waals surface area contributed by atoms with Gasteiger partial charge in [0.25, 0.3) is 0 Å². The lowest BCUT2D eigenvalue weighted by Crippen LogP contribution is -2.51. The minimum Gasteiger partial charge on any atom is -0.478 e. The Morgan fingerprint density at radius 3 is 2.37 bits per heavy atom. The Labute approximate surface area is 112 Å². The average molecular weight is 264 g/mol. The van der Waals surface area contributed by atoms with Gasteiger partial charge < -0.3 is 16.2 Å². The molecule has 19 heavy (non-hydrogen) atoms. The van der Waals surface area contributed by atoms with Crippen LogP contribution in [0.3, 0.4) is 0 Å². The minimum absolute atomic E-state index is 0.169. The molecule has 1 unspecified atom stereocenters. The Kier molecular flexibility index (Phi) is 5.06. The Bertz CT molecular complexity index is 452. The summed E-state index contributed by atoms with van der Waals surface area (Å²) in [6, 6.07) is 6.60. The number of aromatic carboxylic acids is 1. The number of hydrogen-bond donors (Lipinski definition) is 3. The number of carboxylic acid groups (broad SMARTS) is 1. The third kappa shape index (κ3) is 4.37. The van der Waals surface area contributed by atoms with E-state index in [4.69, 9.17) is 10.8 Å². The molecule has 0 aliphatic rings. The standard InChI is InChI=1S/C14H20N2O3/c1-3-14(2,15)13(19)16-9-8-10-4-6-11(7-5-10)12(17)18/h4-7H,3,8-9,15H2,1-2H3,(H,16,19)(H,17,18). The van der Waals surface area contributed by atoms with Gasteiger partial charge in [0.05, 0.1) is 11.1 Å². The number of amides is 1. The zero-order chi connectivity index (χ0) is 14.5. The van der Waals surface area contributed by atoms with Crippen molar-refractivity contribution in [1.29, 1.82) is 0 Å². The Morgan fingerprint density at radius 1 is 1.32 bits per heavy atom. The molecule has 1 atom stereocenters. The second-order valence-electron chi connectivity index (χ2n) is 4.78. The van der Waals surface area contributed by atoms with Crippen LogP contribution in [-0.4, -0.2) is 29.1 Å². The highest BCUT2D eigenvalue weighted by molar-refractivity contribution is 5.87. The Morgan fingerprint density at radius 2 is 1.89 bits per heavy atom. The molecule has 0 saturated heterocycles. The second-order valence-corrected chi connectivity index (χ2v) is 4.78. The number of hydrogen-bond acceptors (Lipinski definition) is 3. The van der Waals surface area contributed by atoms with Crippen molar-refractivity contribution in [3.05, 3.63) is 35.4 Å². The molecule has 0 saturated carbocycles. The molecule has 0 bridgehead atoms. The van der Waals surface area contributed by atoms with Crippen LogP contribution in [0.2, 0.25) is 0 Å². The smallest absolute Gasteiger partial charge is 0.335 e. The van der Waals surface area contributed by atoms with Gasteiger partial charge >= 0.3 is 5.97 Å². The van der Waals surface area contributed by atoms with Gasteiger partial charge in [-0.05, 0) is 37.5 Å². The summed E-state index contributed by atoms with van der Waals surface area (Å²) in [7, 11) is 0. The highest BCUT2D eigenvalue weighted by Crippen LogP contribution is 2.06. The van der Waals surface area contributed by atoms with Crippen LogP contribution >= 0.6 is 0 Å². The highest BCUT2D eigenvalue weighted by Gasteiger charge is 2.25. The molecule has 0 aliphatic carbocycles. The fourth-order valence-electron chi connectivity index (χ4n) is 1.50. The van der Waals surface area contributed by atoms with Crippen molar-refractivity contribution in [2.75, 3.05) is 6.54 Å². The van der Waals surface area contributed by atoms with Gasteiger partial charge in [0.15, 0.2) is 0 Å². The van der Waals surface area contributed by atoms with E-state index < -0.39 is 11.5 Å². The third-order valence-corrected chi connectivity index (χ3v) is 3.15. The molecule has 4 N–H and O–H groups in total. The second kappa shape index (κ2) is 6.33. The quantitative estimate of drug-likeness (QED) is 0.719. The summed E-state index contributed by atoms with van der Waals surface area (Å²) in [5.41, 5.74) is 6.21. The van der Waals surface area contributed by atoms with Crippen molar-refractivity contribution in [1.82, 2.24) is 5.32 Å². The van der Waals surface area contributed by atoms with Gasteiger partial charge in [0, 0.05) is 6.54 Å². The van der Waals surface area contributed by atoms with E-state index in [9.17, 15) is 9.59 Å². The summed E-state index contributed by atoms with van der Waals surface area (Å²) < 4.78 is 0. The summed E-state index contributed by atoms with van der Waals surface area (Å²) >= 11 is 0. The van der Waals surface area contributed by atoms with Gasteiger partial charge in [0.2, 0.25) is 5.91 Å². The summed E-state index contributed by atoms with van der Waals surface area (Å²) in [5.74, 6) is -1.11. The van der Waals surface area contributed by atoms with E-state index in [1.54, 1.807) is 31.2 Å². The van der Waals surface area contributed by atoms with Crippen LogP contribution < -0.4 is 11.1 Å². The number of carbonyl (C=O) groups excluding carboxylic acids is 1. The SMILES string of the molecule is CCC(C)(N)C(=O)NCCc1ccc(C(=O)O)cc1. The van der Waals surface area contributed by atoms with Crippen molar-refractivity contribution in [3.63, 3.8) is 0 Å². The van der Waals surface area contributed by atoms with Gasteiger partial charge in [-0.1, -0.05) is 19.1 Å². The predicted molar refractivity (Wildman–Crippen MR) is 73.0 cm³/mol. The van der Waals surface area contributed by atoms with Crippen LogP contribution in [0.15, 0.2) is 24.3 Å². The van der Waals surface area contributed by atoms with Gasteiger partial charge in [-0.15, -0.1) is 0 Å². The molecule has 5 heteroatoms. The van der Waals surface area contributed by atoms with Crippen LogP contribution in [0.4, 0.5) is 0 Å². The normalized spacial score (nSPS) is 13.6. The molecule has 0 aromatic heterocycles. The first-order valence-corrected chi connectivity index (χ1v) is 6.26. The van der Waals surface area contributed by atoms with E-state index in [1.165, 1.54) is 0 Å². The first kappa shape index (κ1) is 15.2. The molecular weight excluding hydrogens is 244 g/mol. The fourth-order valence-corrected chi connectivity index (χ4v) is 1.50. The monoisotopic (exact) mass is 264 g/mol. The molecular formula is C14H20N2O3. The molecule has 104 valence electrons. The van der Waals surface area contributed by atoms with Gasteiger partial charge in [-0.25, -0.2) is 4.79 Å². The van der Waals surface area contributed by atoms with Crippen LogP contribution in [-0.2, 0) is 11.2 Å². The number of nitrogens with one attached hydrogen (secondary N) is 1. The number of nitrogens with two attached hydrogens (primary N) is 1. The fraction of sp³-hybridized carbons (Fsp3) is 0.429. The maximum atomic E-state index is 11.7. The number of carboxylic acids is 1. The lowest BCUT2D eigenvalue weighted by molar-refractivity contribution is -0.125. The Balaban J connectivity index is 2.45. The number of carbonyl (C=O) groups is 2. The average Bonchev–Trinajstić information content (AvgIpc) is 2.39. The van der Waals surface area contributed by atoms with E-state index in [-0.39, 0.29) is 11.5 Å². The molecule has 0 aliphatic heterocycles. The van der Waals surface area contributed by atoms with Crippen LogP contribution in [0.25, 0.3) is 0 Å². The van der Waals surface area contributed by atoms with Gasteiger partial charge in [0.1, 0.15) is 0 Å². The molecule has 1 aromatic carbocycles. The lowest BCUT2D eigenvalue weighted by Gasteiger charge is -2.21. The van der Waals surface area contributed by atoms with Gasteiger partial charge in [-0.3, -0.25) is 4.79 Å². The first-order valence-electron chi connectivity index (χ1n) is 6.26. The predicted octanol–water partition coefficient (Wildman–Crippen LogP) is 1.17. The topological polar surface area (TPSA) is 92.4 Å². The lowest BCUT2D eigenvalue weighted by atomic mass is 9.99. The molecule has 0 fully saturated rings. The largest absolute Gasteiger partial charge is 0.478 e. The zero-order valence-electron chi connectivity index (χ0n) is 11.3. The molecule has 1 amide bonds. The Hall–Kier alpha value is -1.88. The van der Waals surface area contributed by atoms with Crippen LogP contribution in [0.1, 0.15) is 36.2 Å². The van der Waals surface area contributed by atoms with E-state index in [0.717, 1.165) is 5.56 Å². The summed E-state index contributed by atoms with van der Waals surface area (Å²) in [4.78, 5) is 22.4. The van der Waals surface area contributed by atoms with Gasteiger partial charge in [-0.2, -0.15) is 0 Å². The molecule has 0 spiro atoms.